The molecule has 1 aromatic rings. The van der Waals surface area contributed by atoms with Crippen LogP contribution >= 0.6 is 15.9 Å². The zero-order chi connectivity index (χ0) is 15.5. The van der Waals surface area contributed by atoms with Gasteiger partial charge in [-0.15, -0.1) is 0 Å². The molecule has 0 radical (unpaired) electrons. The van der Waals surface area contributed by atoms with E-state index in [1.165, 1.54) is 18.2 Å². The average Bonchev–Trinajstić information content (AvgIpc) is 2.80. The number of carbonyl (C=O) groups excluding carboxylic acids is 1. The number of aliphatic carboxylic acids is 1. The molecule has 1 saturated heterocycles. The fraction of sp³-hybridized carbons (Fsp3) is 0.429. The van der Waals surface area contributed by atoms with Gasteiger partial charge in [0.15, 0.2) is 0 Å². The van der Waals surface area contributed by atoms with Crippen LogP contribution in [-0.2, 0) is 20.7 Å². The molecule has 1 aliphatic heterocycles. The van der Waals surface area contributed by atoms with Gasteiger partial charge in [-0.2, -0.15) is 0 Å². The maximum Gasteiger partial charge on any atom is 0.305 e. The number of hydrogen-bond donors (Lipinski definition) is 2. The summed E-state index contributed by atoms with van der Waals surface area (Å²) in [6.07, 6.45) is 0.234. The molecule has 5 nitrogen and oxygen atoms in total. The number of carboxylic acids is 1. The Morgan fingerprint density at radius 3 is 2.86 bits per heavy atom. The van der Waals surface area contributed by atoms with Gasteiger partial charge in [-0.3, -0.25) is 9.59 Å². The maximum atomic E-state index is 13.2. The number of amides is 1. The fourth-order valence-electron chi connectivity index (χ4n) is 2.37. The van der Waals surface area contributed by atoms with E-state index in [2.05, 4.69) is 21.2 Å². The lowest BCUT2D eigenvalue weighted by molar-refractivity contribution is -0.139. The monoisotopic (exact) mass is 359 g/mol. The number of carbonyl (C=O) groups is 2. The summed E-state index contributed by atoms with van der Waals surface area (Å²) in [6.45, 7) is 0.590. The van der Waals surface area contributed by atoms with Crippen molar-refractivity contribution in [1.29, 1.82) is 0 Å². The van der Waals surface area contributed by atoms with Gasteiger partial charge in [-0.05, 0) is 30.2 Å². The van der Waals surface area contributed by atoms with Gasteiger partial charge in [0, 0.05) is 11.1 Å². The first-order valence-corrected chi connectivity index (χ1v) is 7.24. The van der Waals surface area contributed by atoms with Crippen molar-refractivity contribution in [2.75, 3.05) is 13.2 Å². The van der Waals surface area contributed by atoms with Crippen molar-refractivity contribution in [3.05, 3.63) is 34.1 Å². The average molecular weight is 360 g/mol. The summed E-state index contributed by atoms with van der Waals surface area (Å²) in [5.74, 6) is -1.77. The van der Waals surface area contributed by atoms with Crippen LogP contribution in [0.3, 0.4) is 0 Å². The minimum atomic E-state index is -0.993. The number of benzene rings is 1. The number of halogens is 2. The summed E-state index contributed by atoms with van der Waals surface area (Å²) >= 11 is 3.26. The van der Waals surface area contributed by atoms with Crippen molar-refractivity contribution < 1.29 is 23.8 Å². The van der Waals surface area contributed by atoms with Crippen LogP contribution in [-0.4, -0.2) is 35.7 Å². The van der Waals surface area contributed by atoms with Crippen LogP contribution in [0.25, 0.3) is 0 Å². The normalized spacial score (nSPS) is 21.2. The van der Waals surface area contributed by atoms with Gasteiger partial charge in [0.1, 0.15) is 5.82 Å². The second kappa shape index (κ2) is 6.53. The summed E-state index contributed by atoms with van der Waals surface area (Å²) in [6, 6.07) is 4.10. The zero-order valence-electron chi connectivity index (χ0n) is 11.2. The summed E-state index contributed by atoms with van der Waals surface area (Å²) in [5.41, 5.74) is -0.361. The van der Waals surface area contributed by atoms with Gasteiger partial charge in [0.05, 0.1) is 25.0 Å². The second-order valence-corrected chi connectivity index (χ2v) is 5.97. The highest BCUT2D eigenvalue weighted by Crippen LogP contribution is 2.24. The molecule has 1 atom stereocenters. The topological polar surface area (TPSA) is 75.6 Å². The molecule has 1 amide bonds. The first-order valence-electron chi connectivity index (χ1n) is 6.45. The quantitative estimate of drug-likeness (QED) is 0.841. The van der Waals surface area contributed by atoms with E-state index in [0.717, 1.165) is 0 Å². The Balaban J connectivity index is 2.06. The highest BCUT2D eigenvalue weighted by Gasteiger charge is 2.38. The number of carboxylic acid groups (broad SMARTS) is 1. The molecule has 0 aromatic heterocycles. The Bertz CT molecular complexity index is 558. The molecule has 2 rings (SSSR count). The maximum absolute atomic E-state index is 13.2. The molecule has 0 bridgehead atoms. The van der Waals surface area contributed by atoms with Gasteiger partial charge in [0.25, 0.3) is 0 Å². The van der Waals surface area contributed by atoms with E-state index in [1.54, 1.807) is 0 Å². The van der Waals surface area contributed by atoms with E-state index in [0.29, 0.717) is 23.1 Å². The molecule has 0 saturated carbocycles. The largest absolute Gasteiger partial charge is 0.481 e. The van der Waals surface area contributed by atoms with E-state index in [1.807, 2.05) is 0 Å². The van der Waals surface area contributed by atoms with Crippen LogP contribution < -0.4 is 5.32 Å². The van der Waals surface area contributed by atoms with E-state index < -0.39 is 17.3 Å². The third-order valence-electron chi connectivity index (χ3n) is 3.36. The van der Waals surface area contributed by atoms with E-state index in [4.69, 9.17) is 9.84 Å². The van der Waals surface area contributed by atoms with E-state index >= 15 is 0 Å². The Morgan fingerprint density at radius 2 is 2.24 bits per heavy atom. The highest BCUT2D eigenvalue weighted by molar-refractivity contribution is 9.10. The van der Waals surface area contributed by atoms with Gasteiger partial charge < -0.3 is 15.2 Å². The molecule has 0 spiro atoms. The Kier molecular flexibility index (Phi) is 4.95. The standard InChI is InChI=1S/C14H15BrFNO4/c15-11-2-1-10(16)5-9(11)6-12(18)17-14(7-13(19)20)3-4-21-8-14/h1-2,5H,3-4,6-8H2,(H,17,18)(H,19,20). The molecule has 21 heavy (non-hydrogen) atoms. The van der Waals surface area contributed by atoms with E-state index in [9.17, 15) is 14.0 Å². The van der Waals surface area contributed by atoms with Crippen LogP contribution in [0.5, 0.6) is 0 Å². The summed E-state index contributed by atoms with van der Waals surface area (Å²) < 4.78 is 19.0. The van der Waals surface area contributed by atoms with Crippen LogP contribution in [0.2, 0.25) is 0 Å². The first-order chi connectivity index (χ1) is 9.90. The number of hydrogen-bond acceptors (Lipinski definition) is 3. The Morgan fingerprint density at radius 1 is 1.48 bits per heavy atom. The number of rotatable bonds is 5. The van der Waals surface area contributed by atoms with Crippen molar-refractivity contribution in [2.24, 2.45) is 0 Å². The summed E-state index contributed by atoms with van der Waals surface area (Å²) in [5, 5.41) is 11.7. The Labute approximate surface area is 129 Å². The third-order valence-corrected chi connectivity index (χ3v) is 4.13. The predicted octanol–water partition coefficient (Wildman–Crippen LogP) is 1.88. The molecule has 0 aliphatic carbocycles. The van der Waals surface area contributed by atoms with Crippen LogP contribution in [0.1, 0.15) is 18.4 Å². The predicted molar refractivity (Wildman–Crippen MR) is 76.4 cm³/mol. The van der Waals surface area contributed by atoms with Crippen LogP contribution in [0.4, 0.5) is 4.39 Å². The molecular formula is C14H15BrFNO4. The molecule has 1 fully saturated rings. The number of nitrogens with one attached hydrogen (secondary N) is 1. The van der Waals surface area contributed by atoms with Crippen molar-refractivity contribution in [1.82, 2.24) is 5.32 Å². The van der Waals surface area contributed by atoms with Crippen molar-refractivity contribution in [3.8, 4) is 0 Å². The molecule has 114 valence electrons. The van der Waals surface area contributed by atoms with Crippen molar-refractivity contribution in [3.63, 3.8) is 0 Å². The molecule has 1 aromatic carbocycles. The second-order valence-electron chi connectivity index (χ2n) is 5.11. The minimum absolute atomic E-state index is 0.0281. The zero-order valence-corrected chi connectivity index (χ0v) is 12.8. The smallest absolute Gasteiger partial charge is 0.305 e. The molecule has 1 aliphatic rings. The van der Waals surface area contributed by atoms with Crippen molar-refractivity contribution in [2.45, 2.75) is 24.8 Å². The van der Waals surface area contributed by atoms with Gasteiger partial charge in [-0.25, -0.2) is 4.39 Å². The lowest BCUT2D eigenvalue weighted by atomic mass is 9.94. The first kappa shape index (κ1) is 15.9. The third kappa shape index (κ3) is 4.25. The highest BCUT2D eigenvalue weighted by atomic mass is 79.9. The van der Waals surface area contributed by atoms with Crippen molar-refractivity contribution >= 4 is 27.8 Å². The summed E-state index contributed by atoms with van der Waals surface area (Å²) in [4.78, 5) is 23.1. The lowest BCUT2D eigenvalue weighted by Crippen LogP contribution is -2.51. The Hall–Kier alpha value is -1.47. The van der Waals surface area contributed by atoms with Gasteiger partial charge in [0.2, 0.25) is 5.91 Å². The fourth-order valence-corrected chi connectivity index (χ4v) is 2.76. The van der Waals surface area contributed by atoms with Crippen LogP contribution in [0, 0.1) is 5.82 Å². The summed E-state index contributed by atoms with van der Waals surface area (Å²) in [7, 11) is 0. The van der Waals surface area contributed by atoms with E-state index in [-0.39, 0.29) is 25.4 Å². The van der Waals surface area contributed by atoms with Gasteiger partial charge >= 0.3 is 5.97 Å². The van der Waals surface area contributed by atoms with Gasteiger partial charge in [-0.1, -0.05) is 15.9 Å². The molecule has 2 N–H and O–H groups in total. The molecule has 7 heteroatoms. The molecule has 1 unspecified atom stereocenters. The number of ether oxygens (including phenoxy) is 1. The van der Waals surface area contributed by atoms with Crippen LogP contribution in [0.15, 0.2) is 22.7 Å². The lowest BCUT2D eigenvalue weighted by Gasteiger charge is -2.27. The minimum Gasteiger partial charge on any atom is -0.481 e. The molecular weight excluding hydrogens is 345 g/mol. The SMILES string of the molecule is O=C(O)CC1(NC(=O)Cc2cc(F)ccc2Br)CCOC1. The molecule has 1 heterocycles.